The first-order chi connectivity index (χ1) is 11.7. The number of carbonyl (C=O) groups excluding carboxylic acids is 2. The van der Waals surface area contributed by atoms with Crippen molar-refractivity contribution in [1.82, 2.24) is 15.5 Å². The van der Waals surface area contributed by atoms with Gasteiger partial charge in [-0.3, -0.25) is 19.5 Å². The Morgan fingerprint density at radius 3 is 2.38 bits per heavy atom. The summed E-state index contributed by atoms with van der Waals surface area (Å²) in [6.45, 7) is 10.0. The van der Waals surface area contributed by atoms with Gasteiger partial charge >= 0.3 is 0 Å². The molecule has 0 bridgehead atoms. The van der Waals surface area contributed by atoms with Gasteiger partial charge in [0.15, 0.2) is 5.96 Å². The monoisotopic (exact) mass is 480 g/mol. The van der Waals surface area contributed by atoms with Crippen LogP contribution in [0.1, 0.15) is 53.4 Å². The highest BCUT2D eigenvalue weighted by molar-refractivity contribution is 14.0. The van der Waals surface area contributed by atoms with E-state index in [-0.39, 0.29) is 52.8 Å². The number of likely N-dealkylation sites (tertiary alicyclic amines) is 1. The van der Waals surface area contributed by atoms with Gasteiger partial charge in [-0.2, -0.15) is 0 Å². The number of halogens is 1. The third-order valence-electron chi connectivity index (χ3n) is 5.91. The maximum absolute atomic E-state index is 11.8. The van der Waals surface area contributed by atoms with Crippen LogP contribution in [0.4, 0.5) is 0 Å². The van der Waals surface area contributed by atoms with Crippen LogP contribution in [0.5, 0.6) is 0 Å². The van der Waals surface area contributed by atoms with E-state index in [2.05, 4.69) is 36.4 Å². The van der Waals surface area contributed by atoms with Gasteiger partial charge in [-0.1, -0.05) is 13.8 Å². The lowest BCUT2D eigenvalue weighted by Gasteiger charge is -2.59. The molecule has 26 heavy (non-hydrogen) atoms. The van der Waals surface area contributed by atoms with E-state index in [0.29, 0.717) is 32.4 Å². The van der Waals surface area contributed by atoms with Crippen molar-refractivity contribution in [2.24, 2.45) is 10.4 Å². The Labute approximate surface area is 173 Å². The van der Waals surface area contributed by atoms with Crippen molar-refractivity contribution < 1.29 is 14.3 Å². The summed E-state index contributed by atoms with van der Waals surface area (Å²) in [5.41, 5.74) is -0.161. The van der Waals surface area contributed by atoms with Gasteiger partial charge in [0.1, 0.15) is 0 Å². The van der Waals surface area contributed by atoms with Gasteiger partial charge in [-0.15, -0.1) is 24.0 Å². The summed E-state index contributed by atoms with van der Waals surface area (Å²) in [4.78, 5) is 29.6. The molecule has 2 atom stereocenters. The summed E-state index contributed by atoms with van der Waals surface area (Å²) in [6, 6.07) is 0.258. The topological polar surface area (TPSA) is 83.0 Å². The average molecular weight is 480 g/mol. The van der Waals surface area contributed by atoms with Gasteiger partial charge in [0.05, 0.1) is 12.1 Å². The van der Waals surface area contributed by atoms with Crippen LogP contribution in [0.25, 0.3) is 0 Å². The molecule has 1 aliphatic carbocycles. The maximum Gasteiger partial charge on any atom is 0.229 e. The first-order valence-corrected chi connectivity index (χ1v) is 9.18. The molecule has 0 spiro atoms. The Balaban J connectivity index is 0.00000338. The molecule has 1 aliphatic heterocycles. The highest BCUT2D eigenvalue weighted by Gasteiger charge is 2.58. The predicted octanol–water partition coefficient (Wildman–Crippen LogP) is 1.90. The van der Waals surface area contributed by atoms with Crippen LogP contribution in [0, 0.1) is 5.41 Å². The van der Waals surface area contributed by atoms with Crippen molar-refractivity contribution in [3.05, 3.63) is 0 Å². The number of amides is 2. The summed E-state index contributed by atoms with van der Waals surface area (Å²) >= 11 is 0. The van der Waals surface area contributed by atoms with Gasteiger partial charge in [0, 0.05) is 44.5 Å². The molecule has 0 aromatic carbocycles. The molecule has 2 aliphatic rings. The highest BCUT2D eigenvalue weighted by atomic mass is 127. The third kappa shape index (κ3) is 4.68. The molecule has 0 aromatic rings. The van der Waals surface area contributed by atoms with E-state index < -0.39 is 0 Å². The zero-order valence-corrected chi connectivity index (χ0v) is 18.9. The van der Waals surface area contributed by atoms with E-state index in [1.807, 2.05) is 6.92 Å². The van der Waals surface area contributed by atoms with Gasteiger partial charge in [0.2, 0.25) is 11.8 Å². The normalized spacial score (nSPS) is 28.3. The smallest absolute Gasteiger partial charge is 0.229 e. The Bertz CT molecular complexity index is 537. The Morgan fingerprint density at radius 2 is 1.88 bits per heavy atom. The van der Waals surface area contributed by atoms with E-state index in [4.69, 9.17) is 4.74 Å². The lowest BCUT2D eigenvalue weighted by molar-refractivity contribution is -0.176. The molecular formula is C18H33IN4O3. The Morgan fingerprint density at radius 1 is 1.27 bits per heavy atom. The molecule has 2 fully saturated rings. The number of piperidine rings is 1. The largest absolute Gasteiger partial charge is 0.378 e. The summed E-state index contributed by atoms with van der Waals surface area (Å²) in [5.74, 6) is 0.552. The van der Waals surface area contributed by atoms with Crippen molar-refractivity contribution in [2.75, 3.05) is 26.7 Å². The number of methoxy groups -OCH3 is 1. The van der Waals surface area contributed by atoms with Crippen molar-refractivity contribution in [1.29, 1.82) is 0 Å². The Hall–Kier alpha value is -0.900. The van der Waals surface area contributed by atoms with Crippen LogP contribution < -0.4 is 10.6 Å². The van der Waals surface area contributed by atoms with E-state index in [1.54, 1.807) is 7.11 Å². The number of imide groups is 1. The molecule has 1 saturated carbocycles. The quantitative estimate of drug-likeness (QED) is 0.263. The van der Waals surface area contributed by atoms with E-state index in [1.165, 1.54) is 4.90 Å². The number of hydrogen-bond acceptors (Lipinski definition) is 4. The first kappa shape index (κ1) is 23.1. The zero-order chi connectivity index (χ0) is 18.7. The van der Waals surface area contributed by atoms with Crippen LogP contribution >= 0.6 is 24.0 Å². The number of guanidine groups is 1. The molecule has 8 heteroatoms. The first-order valence-electron chi connectivity index (χ1n) is 9.18. The van der Waals surface area contributed by atoms with Crippen molar-refractivity contribution >= 4 is 41.8 Å². The minimum absolute atomic E-state index is 0. The zero-order valence-electron chi connectivity index (χ0n) is 16.6. The summed E-state index contributed by atoms with van der Waals surface area (Å²) in [5, 5.41) is 6.70. The number of ether oxygens (including phenoxy) is 1. The minimum atomic E-state index is -0.144. The molecule has 0 aromatic heterocycles. The summed E-state index contributed by atoms with van der Waals surface area (Å²) in [6.07, 6.45) is 2.49. The SMILES string of the molecule is CCNC(=NCCN1C(=O)CCCC1=O)NC1CC(C)(OC)C1(C)C.I. The van der Waals surface area contributed by atoms with E-state index in [9.17, 15) is 9.59 Å². The number of nitrogens with zero attached hydrogens (tertiary/aromatic N) is 2. The van der Waals surface area contributed by atoms with Gasteiger partial charge in [-0.05, 0) is 26.7 Å². The van der Waals surface area contributed by atoms with Crippen molar-refractivity contribution in [3.63, 3.8) is 0 Å². The molecule has 1 heterocycles. The van der Waals surface area contributed by atoms with Crippen LogP contribution in [0.15, 0.2) is 4.99 Å². The molecule has 150 valence electrons. The standard InChI is InChI=1S/C18H32N4O3.HI/c1-6-19-16(21-13-12-18(4,25-5)17(13,2)3)20-10-11-22-14(23)8-7-9-15(22)24;/h13H,6-12H2,1-5H3,(H2,19,20,21);1H. The van der Waals surface area contributed by atoms with E-state index >= 15 is 0 Å². The lowest BCUT2D eigenvalue weighted by Crippen LogP contribution is -2.69. The summed E-state index contributed by atoms with van der Waals surface area (Å²) in [7, 11) is 1.75. The number of rotatable bonds is 6. The molecule has 2 unspecified atom stereocenters. The van der Waals surface area contributed by atoms with Crippen molar-refractivity contribution in [3.8, 4) is 0 Å². The van der Waals surface area contributed by atoms with Gasteiger partial charge in [0.25, 0.3) is 0 Å². The number of nitrogens with one attached hydrogen (secondary N) is 2. The second-order valence-electron chi connectivity index (χ2n) is 7.61. The summed E-state index contributed by atoms with van der Waals surface area (Å²) < 4.78 is 5.66. The van der Waals surface area contributed by atoms with Gasteiger partial charge in [-0.25, -0.2) is 0 Å². The van der Waals surface area contributed by atoms with Crippen LogP contribution in [0.3, 0.4) is 0 Å². The molecule has 2 amide bonds. The number of aliphatic imine (C=N–C) groups is 1. The second kappa shape index (κ2) is 9.34. The molecule has 1 saturated heterocycles. The molecule has 7 nitrogen and oxygen atoms in total. The molecule has 2 rings (SSSR count). The predicted molar refractivity (Wildman–Crippen MR) is 113 cm³/mol. The number of carbonyl (C=O) groups is 2. The molecule has 2 N–H and O–H groups in total. The second-order valence-corrected chi connectivity index (χ2v) is 7.61. The van der Waals surface area contributed by atoms with Crippen LogP contribution in [-0.4, -0.2) is 61.1 Å². The van der Waals surface area contributed by atoms with Gasteiger partial charge < -0.3 is 15.4 Å². The lowest BCUT2D eigenvalue weighted by atomic mass is 9.56. The Kier molecular flexibility index (Phi) is 8.32. The fourth-order valence-electron chi connectivity index (χ4n) is 3.52. The average Bonchev–Trinajstić information content (AvgIpc) is 2.56. The van der Waals surface area contributed by atoms with Crippen LogP contribution in [0.2, 0.25) is 0 Å². The van der Waals surface area contributed by atoms with Crippen molar-refractivity contribution in [2.45, 2.75) is 65.0 Å². The highest BCUT2D eigenvalue weighted by Crippen LogP contribution is 2.51. The fraction of sp³-hybridized carbons (Fsp3) is 0.833. The fourth-order valence-corrected chi connectivity index (χ4v) is 3.52. The molecular weight excluding hydrogens is 447 g/mol. The number of hydrogen-bond donors (Lipinski definition) is 2. The van der Waals surface area contributed by atoms with E-state index in [0.717, 1.165) is 18.9 Å². The maximum atomic E-state index is 11.8. The minimum Gasteiger partial charge on any atom is -0.378 e. The molecule has 0 radical (unpaired) electrons. The van der Waals surface area contributed by atoms with Crippen LogP contribution in [-0.2, 0) is 14.3 Å². The third-order valence-corrected chi connectivity index (χ3v) is 5.91.